The van der Waals surface area contributed by atoms with Crippen molar-refractivity contribution in [2.45, 2.75) is 18.1 Å². The highest BCUT2D eigenvalue weighted by Crippen LogP contribution is 2.16. The molecule has 1 unspecified atom stereocenters. The topological polar surface area (TPSA) is 43.1 Å². The number of hydrogen-bond donors (Lipinski definition) is 1. The molecule has 0 heterocycles. The van der Waals surface area contributed by atoms with Crippen molar-refractivity contribution >= 4 is 22.4 Å². The van der Waals surface area contributed by atoms with Crippen LogP contribution in [0, 0.1) is 5.82 Å². The summed E-state index contributed by atoms with van der Waals surface area (Å²) in [5.41, 5.74) is 7.55. The van der Waals surface area contributed by atoms with Gasteiger partial charge in [0.2, 0.25) is 0 Å². The maximum Gasteiger partial charge on any atom is 0.127 e. The van der Waals surface area contributed by atoms with Gasteiger partial charge in [-0.3, -0.25) is 4.21 Å². The molecule has 0 fully saturated rings. The zero-order chi connectivity index (χ0) is 14.5. The first-order chi connectivity index (χ1) is 9.58. The van der Waals surface area contributed by atoms with Gasteiger partial charge in [-0.2, -0.15) is 0 Å². The van der Waals surface area contributed by atoms with Gasteiger partial charge < -0.3 is 5.73 Å². The van der Waals surface area contributed by atoms with Crippen LogP contribution in [0.15, 0.2) is 42.5 Å². The van der Waals surface area contributed by atoms with Crippen molar-refractivity contribution in [1.29, 1.82) is 0 Å². The third-order valence-corrected chi connectivity index (χ3v) is 4.45. The normalized spacial score (nSPS) is 12.3. The number of hydrogen-bond acceptors (Lipinski definition) is 2. The van der Waals surface area contributed by atoms with Gasteiger partial charge in [-0.15, -0.1) is 0 Å². The second-order valence-corrected chi connectivity index (χ2v) is 6.38. The van der Waals surface area contributed by atoms with E-state index in [0.29, 0.717) is 22.9 Å². The van der Waals surface area contributed by atoms with E-state index in [0.717, 1.165) is 11.1 Å². The minimum Gasteiger partial charge on any atom is -0.326 e. The lowest BCUT2D eigenvalue weighted by molar-refractivity contribution is 0.613. The second kappa shape index (κ2) is 6.97. The molecule has 0 saturated heterocycles. The highest BCUT2D eigenvalue weighted by Gasteiger charge is 2.08. The zero-order valence-corrected chi connectivity index (χ0v) is 12.4. The standard InChI is InChI=1S/C15H15ClFNOS/c16-14-5-2-11(3-6-14)9-20(19)10-13-4-1-12(8-18)7-15(13)17/h1-7H,8-10,18H2. The molecule has 0 spiro atoms. The van der Waals surface area contributed by atoms with Crippen molar-refractivity contribution in [2.24, 2.45) is 5.73 Å². The van der Waals surface area contributed by atoms with Crippen molar-refractivity contribution in [3.8, 4) is 0 Å². The van der Waals surface area contributed by atoms with E-state index in [1.54, 1.807) is 24.3 Å². The van der Waals surface area contributed by atoms with Crippen LogP contribution in [0.25, 0.3) is 0 Å². The molecule has 0 aliphatic carbocycles. The van der Waals surface area contributed by atoms with Crippen molar-refractivity contribution in [2.75, 3.05) is 0 Å². The van der Waals surface area contributed by atoms with E-state index < -0.39 is 10.8 Å². The van der Waals surface area contributed by atoms with Crippen molar-refractivity contribution in [3.63, 3.8) is 0 Å². The largest absolute Gasteiger partial charge is 0.326 e. The van der Waals surface area contributed by atoms with Gasteiger partial charge in [0, 0.05) is 33.7 Å². The van der Waals surface area contributed by atoms with Gasteiger partial charge in [0.25, 0.3) is 0 Å². The minimum atomic E-state index is -1.16. The van der Waals surface area contributed by atoms with Crippen LogP contribution in [0.4, 0.5) is 4.39 Å². The monoisotopic (exact) mass is 311 g/mol. The average Bonchev–Trinajstić information content (AvgIpc) is 2.43. The molecule has 0 radical (unpaired) electrons. The molecule has 1 atom stereocenters. The summed E-state index contributed by atoms with van der Waals surface area (Å²) >= 11 is 5.79. The summed E-state index contributed by atoms with van der Waals surface area (Å²) in [7, 11) is -1.16. The van der Waals surface area contributed by atoms with Gasteiger partial charge in [0.15, 0.2) is 0 Å². The van der Waals surface area contributed by atoms with E-state index in [1.165, 1.54) is 6.07 Å². The predicted octanol–water partition coefficient (Wildman–Crippen LogP) is 3.39. The van der Waals surface area contributed by atoms with Gasteiger partial charge in [-0.05, 0) is 29.3 Å². The van der Waals surface area contributed by atoms with E-state index in [4.69, 9.17) is 17.3 Å². The average molecular weight is 312 g/mol. The lowest BCUT2D eigenvalue weighted by Gasteiger charge is -2.06. The van der Waals surface area contributed by atoms with Crippen LogP contribution in [0.3, 0.4) is 0 Å². The van der Waals surface area contributed by atoms with Crippen molar-refractivity contribution in [1.82, 2.24) is 0 Å². The smallest absolute Gasteiger partial charge is 0.127 e. The number of halogens is 2. The Morgan fingerprint density at radius 2 is 1.70 bits per heavy atom. The Morgan fingerprint density at radius 1 is 1.05 bits per heavy atom. The van der Waals surface area contributed by atoms with E-state index in [2.05, 4.69) is 0 Å². The fourth-order valence-corrected chi connectivity index (χ4v) is 3.20. The van der Waals surface area contributed by atoms with Gasteiger partial charge >= 0.3 is 0 Å². The Labute approximate surface area is 125 Å². The van der Waals surface area contributed by atoms with E-state index in [-0.39, 0.29) is 11.6 Å². The molecule has 106 valence electrons. The van der Waals surface area contributed by atoms with Crippen LogP contribution in [-0.4, -0.2) is 4.21 Å². The SMILES string of the molecule is NCc1ccc(CS(=O)Cc2ccc(Cl)cc2)c(F)c1. The lowest BCUT2D eigenvalue weighted by atomic mass is 10.1. The maximum atomic E-state index is 13.8. The lowest BCUT2D eigenvalue weighted by Crippen LogP contribution is -2.03. The first-order valence-corrected chi connectivity index (χ1v) is 8.02. The van der Waals surface area contributed by atoms with Gasteiger partial charge in [0.05, 0.1) is 5.75 Å². The Balaban J connectivity index is 2.02. The molecule has 2 aromatic carbocycles. The predicted molar refractivity (Wildman–Crippen MR) is 81.3 cm³/mol. The summed E-state index contributed by atoms with van der Waals surface area (Å²) in [6.07, 6.45) is 0. The molecule has 5 heteroatoms. The fourth-order valence-electron chi connectivity index (χ4n) is 1.83. The van der Waals surface area contributed by atoms with E-state index in [9.17, 15) is 8.60 Å². The van der Waals surface area contributed by atoms with Gasteiger partial charge in [-0.1, -0.05) is 35.9 Å². The van der Waals surface area contributed by atoms with Crippen LogP contribution in [-0.2, 0) is 28.9 Å². The second-order valence-electron chi connectivity index (χ2n) is 4.48. The molecule has 2 rings (SSSR count). The minimum absolute atomic E-state index is 0.194. The first kappa shape index (κ1) is 15.2. The van der Waals surface area contributed by atoms with Gasteiger partial charge in [0.1, 0.15) is 5.82 Å². The molecule has 0 amide bonds. The van der Waals surface area contributed by atoms with Crippen LogP contribution in [0.1, 0.15) is 16.7 Å². The van der Waals surface area contributed by atoms with Crippen LogP contribution in [0.5, 0.6) is 0 Å². The van der Waals surface area contributed by atoms with Crippen LogP contribution < -0.4 is 5.73 Å². The highest BCUT2D eigenvalue weighted by molar-refractivity contribution is 7.83. The third-order valence-electron chi connectivity index (χ3n) is 2.91. The molecule has 0 aliphatic heterocycles. The summed E-state index contributed by atoms with van der Waals surface area (Å²) in [4.78, 5) is 0. The van der Waals surface area contributed by atoms with Crippen molar-refractivity contribution < 1.29 is 8.60 Å². The first-order valence-electron chi connectivity index (χ1n) is 6.15. The number of nitrogens with two attached hydrogens (primary N) is 1. The molecule has 0 saturated carbocycles. The molecular formula is C15H15ClFNOS. The summed E-state index contributed by atoms with van der Waals surface area (Å²) < 4.78 is 25.8. The Hall–Kier alpha value is -1.23. The summed E-state index contributed by atoms with van der Waals surface area (Å²) in [5, 5.41) is 0.642. The number of rotatable bonds is 5. The highest BCUT2D eigenvalue weighted by atomic mass is 35.5. The Kier molecular flexibility index (Phi) is 5.29. The maximum absolute atomic E-state index is 13.8. The van der Waals surface area contributed by atoms with Gasteiger partial charge in [-0.25, -0.2) is 4.39 Å². The Bertz CT molecular complexity index is 616. The molecule has 2 aromatic rings. The zero-order valence-electron chi connectivity index (χ0n) is 10.8. The third kappa shape index (κ3) is 4.13. The summed E-state index contributed by atoms with van der Waals surface area (Å²) in [6.45, 7) is 0.297. The van der Waals surface area contributed by atoms with E-state index in [1.807, 2.05) is 12.1 Å². The quantitative estimate of drug-likeness (QED) is 0.920. The number of benzene rings is 2. The van der Waals surface area contributed by atoms with E-state index >= 15 is 0 Å². The molecular weight excluding hydrogens is 297 g/mol. The van der Waals surface area contributed by atoms with Crippen LogP contribution in [0.2, 0.25) is 5.02 Å². The molecule has 0 bridgehead atoms. The molecule has 0 aliphatic rings. The Morgan fingerprint density at radius 3 is 2.30 bits per heavy atom. The van der Waals surface area contributed by atoms with Crippen molar-refractivity contribution in [3.05, 3.63) is 70.0 Å². The molecule has 0 aromatic heterocycles. The molecule has 2 N–H and O–H groups in total. The summed E-state index contributed by atoms with van der Waals surface area (Å²) in [5.74, 6) is 0.228. The van der Waals surface area contributed by atoms with Crippen LogP contribution >= 0.6 is 11.6 Å². The fraction of sp³-hybridized carbons (Fsp3) is 0.200. The molecule has 20 heavy (non-hydrogen) atoms. The molecule has 2 nitrogen and oxygen atoms in total. The summed E-state index contributed by atoms with van der Waals surface area (Å²) in [6, 6.07) is 12.0.